The Morgan fingerprint density at radius 1 is 1.04 bits per heavy atom. The van der Waals surface area contributed by atoms with E-state index in [2.05, 4.69) is 50.4 Å². The zero-order valence-corrected chi connectivity index (χ0v) is 17.4. The highest BCUT2D eigenvalue weighted by atomic mass is 16.5. The topological polar surface area (TPSA) is 55.4 Å². The maximum absolute atomic E-state index is 12.6. The number of carbonyl (C=O) groups is 2. The Hall–Kier alpha value is -2.36. The molecule has 152 valence electrons. The lowest BCUT2D eigenvalue weighted by Crippen LogP contribution is -2.43. The summed E-state index contributed by atoms with van der Waals surface area (Å²) in [7, 11) is 0. The Morgan fingerprint density at radius 2 is 1.79 bits per heavy atom. The molecule has 0 saturated heterocycles. The first kappa shape index (κ1) is 21.9. The van der Waals surface area contributed by atoms with Crippen LogP contribution in [0.4, 0.5) is 0 Å². The molecule has 0 fully saturated rings. The molecule has 0 radical (unpaired) electrons. The molecule has 2 rings (SSSR count). The van der Waals surface area contributed by atoms with Gasteiger partial charge in [0.25, 0.3) is 0 Å². The highest BCUT2D eigenvalue weighted by Crippen LogP contribution is 2.17. The Kier molecular flexibility index (Phi) is 8.99. The second-order valence-electron chi connectivity index (χ2n) is 7.81. The first-order valence-electron chi connectivity index (χ1n) is 10.4. The Balaban J connectivity index is 2.06. The maximum Gasteiger partial charge on any atom is 0.328 e. The molecular weight excluding hydrogens is 350 g/mol. The van der Waals surface area contributed by atoms with Crippen molar-refractivity contribution < 1.29 is 14.3 Å². The Morgan fingerprint density at radius 3 is 2.50 bits per heavy atom. The predicted molar refractivity (Wildman–Crippen MR) is 114 cm³/mol. The van der Waals surface area contributed by atoms with E-state index >= 15 is 0 Å². The third-order valence-corrected chi connectivity index (χ3v) is 4.81. The van der Waals surface area contributed by atoms with Crippen LogP contribution in [0.25, 0.3) is 10.8 Å². The monoisotopic (exact) mass is 383 g/mol. The summed E-state index contributed by atoms with van der Waals surface area (Å²) < 4.78 is 5.44. The smallest absolute Gasteiger partial charge is 0.328 e. The molecule has 28 heavy (non-hydrogen) atoms. The zero-order chi connectivity index (χ0) is 20.4. The van der Waals surface area contributed by atoms with E-state index in [0.717, 1.165) is 42.0 Å². The molecule has 1 amide bonds. The van der Waals surface area contributed by atoms with Crippen molar-refractivity contribution in [3.05, 3.63) is 48.0 Å². The van der Waals surface area contributed by atoms with Crippen LogP contribution in [0, 0.1) is 5.92 Å². The molecule has 0 aliphatic heterocycles. The number of hydrogen-bond donors (Lipinski definition) is 1. The van der Waals surface area contributed by atoms with Crippen molar-refractivity contribution in [3.63, 3.8) is 0 Å². The Labute approximate surface area is 168 Å². The molecule has 0 aliphatic carbocycles. The van der Waals surface area contributed by atoms with Crippen molar-refractivity contribution in [1.29, 1.82) is 0 Å². The molecule has 0 bridgehead atoms. The largest absolute Gasteiger partial charge is 0.464 e. The van der Waals surface area contributed by atoms with Gasteiger partial charge in [0, 0.05) is 12.8 Å². The molecule has 0 saturated carbocycles. The Bertz CT molecular complexity index is 769. The van der Waals surface area contributed by atoms with Crippen molar-refractivity contribution in [2.45, 2.75) is 65.3 Å². The molecule has 1 atom stereocenters. The lowest BCUT2D eigenvalue weighted by molar-refractivity contribution is -0.148. The average Bonchev–Trinajstić information content (AvgIpc) is 2.69. The van der Waals surface area contributed by atoms with Crippen molar-refractivity contribution in [1.82, 2.24) is 5.32 Å². The number of unbranched alkanes of at least 4 members (excludes halogenated alkanes) is 2. The van der Waals surface area contributed by atoms with Gasteiger partial charge in [0.2, 0.25) is 5.91 Å². The molecule has 0 aliphatic rings. The standard InChI is InChI=1S/C24H33NO3/c1-4-5-8-15-28-24(27)22(25-23(26)14-11-18(2)3)17-19-12-13-20-9-6-7-10-21(20)16-19/h6-7,9-10,12-13,16,18,22H,4-5,8,11,14-15,17H2,1-3H3,(H,25,26). The summed E-state index contributed by atoms with van der Waals surface area (Å²) in [5, 5.41) is 5.18. The van der Waals surface area contributed by atoms with Crippen LogP contribution in [0.5, 0.6) is 0 Å². The highest BCUT2D eigenvalue weighted by Gasteiger charge is 2.23. The normalized spacial score (nSPS) is 12.1. The number of nitrogens with one attached hydrogen (secondary N) is 1. The third-order valence-electron chi connectivity index (χ3n) is 4.81. The van der Waals surface area contributed by atoms with Crippen LogP contribution >= 0.6 is 0 Å². The van der Waals surface area contributed by atoms with Gasteiger partial charge in [-0.25, -0.2) is 4.79 Å². The van der Waals surface area contributed by atoms with Crippen molar-refractivity contribution in [2.75, 3.05) is 6.61 Å². The molecule has 2 aromatic carbocycles. The number of fused-ring (bicyclic) bond motifs is 1. The minimum atomic E-state index is -0.651. The average molecular weight is 384 g/mol. The summed E-state index contributed by atoms with van der Waals surface area (Å²) in [6.45, 7) is 6.69. The minimum absolute atomic E-state index is 0.0926. The number of esters is 1. The van der Waals surface area contributed by atoms with E-state index in [1.54, 1.807) is 0 Å². The van der Waals surface area contributed by atoms with E-state index in [1.807, 2.05) is 18.2 Å². The fourth-order valence-electron chi connectivity index (χ4n) is 3.11. The number of ether oxygens (including phenoxy) is 1. The maximum atomic E-state index is 12.6. The van der Waals surface area contributed by atoms with E-state index in [-0.39, 0.29) is 11.9 Å². The predicted octanol–water partition coefficient (Wildman–Crippen LogP) is 5.04. The summed E-state index contributed by atoms with van der Waals surface area (Å²) in [6, 6.07) is 13.6. The van der Waals surface area contributed by atoms with Gasteiger partial charge < -0.3 is 10.1 Å². The summed E-state index contributed by atoms with van der Waals surface area (Å²) in [5.41, 5.74) is 1.01. The van der Waals surface area contributed by atoms with Gasteiger partial charge >= 0.3 is 5.97 Å². The molecule has 0 aromatic heterocycles. The summed E-state index contributed by atoms with van der Waals surface area (Å²) >= 11 is 0. The van der Waals surface area contributed by atoms with Gasteiger partial charge in [0.1, 0.15) is 6.04 Å². The first-order valence-corrected chi connectivity index (χ1v) is 10.4. The molecule has 4 nitrogen and oxygen atoms in total. The summed E-state index contributed by atoms with van der Waals surface area (Å²) in [5.74, 6) is 0.0119. The molecule has 1 unspecified atom stereocenters. The zero-order valence-electron chi connectivity index (χ0n) is 17.4. The number of rotatable bonds is 11. The van der Waals surface area contributed by atoms with E-state index in [1.165, 1.54) is 0 Å². The summed E-state index contributed by atoms with van der Waals surface area (Å²) in [6.07, 6.45) is 4.62. The van der Waals surface area contributed by atoms with Crippen LogP contribution in [0.15, 0.2) is 42.5 Å². The molecular formula is C24H33NO3. The van der Waals surface area contributed by atoms with Gasteiger partial charge in [-0.3, -0.25) is 4.79 Å². The van der Waals surface area contributed by atoms with Crippen LogP contribution < -0.4 is 5.32 Å². The van der Waals surface area contributed by atoms with Crippen molar-refractivity contribution in [3.8, 4) is 0 Å². The van der Waals surface area contributed by atoms with Crippen LogP contribution in [0.2, 0.25) is 0 Å². The molecule has 1 N–H and O–H groups in total. The van der Waals surface area contributed by atoms with Gasteiger partial charge in [-0.1, -0.05) is 76.1 Å². The van der Waals surface area contributed by atoms with Gasteiger partial charge in [0.05, 0.1) is 6.61 Å². The van der Waals surface area contributed by atoms with Gasteiger partial charge in [-0.15, -0.1) is 0 Å². The number of amides is 1. The van der Waals surface area contributed by atoms with Crippen LogP contribution in [0.3, 0.4) is 0 Å². The fraction of sp³-hybridized carbons (Fsp3) is 0.500. The van der Waals surface area contributed by atoms with Gasteiger partial charge in [0.15, 0.2) is 0 Å². The van der Waals surface area contributed by atoms with E-state index in [4.69, 9.17) is 4.74 Å². The lowest BCUT2D eigenvalue weighted by Gasteiger charge is -2.18. The van der Waals surface area contributed by atoms with Crippen molar-refractivity contribution >= 4 is 22.6 Å². The molecule has 4 heteroatoms. The first-order chi connectivity index (χ1) is 13.5. The quantitative estimate of drug-likeness (QED) is 0.437. The number of carbonyl (C=O) groups excluding carboxylic acids is 2. The van der Waals surface area contributed by atoms with Gasteiger partial charge in [-0.05, 0) is 35.1 Å². The van der Waals surface area contributed by atoms with Crippen molar-refractivity contribution in [2.24, 2.45) is 5.92 Å². The molecule has 0 heterocycles. The van der Waals surface area contributed by atoms with Crippen LogP contribution in [-0.2, 0) is 20.7 Å². The van der Waals surface area contributed by atoms with Crippen LogP contribution in [-0.4, -0.2) is 24.5 Å². The fourth-order valence-corrected chi connectivity index (χ4v) is 3.11. The number of benzene rings is 2. The van der Waals surface area contributed by atoms with E-state index in [9.17, 15) is 9.59 Å². The third kappa shape index (κ3) is 7.34. The lowest BCUT2D eigenvalue weighted by atomic mass is 10.0. The number of hydrogen-bond acceptors (Lipinski definition) is 3. The molecule has 2 aromatic rings. The van der Waals surface area contributed by atoms with E-state index in [0.29, 0.717) is 25.4 Å². The van der Waals surface area contributed by atoms with E-state index < -0.39 is 6.04 Å². The summed E-state index contributed by atoms with van der Waals surface area (Å²) in [4.78, 5) is 24.9. The highest BCUT2D eigenvalue weighted by molar-refractivity contribution is 5.86. The molecule has 0 spiro atoms. The second kappa shape index (κ2) is 11.5. The van der Waals surface area contributed by atoms with Crippen LogP contribution in [0.1, 0.15) is 58.4 Å². The second-order valence-corrected chi connectivity index (χ2v) is 7.81. The minimum Gasteiger partial charge on any atom is -0.464 e. The van der Waals surface area contributed by atoms with Gasteiger partial charge in [-0.2, -0.15) is 0 Å². The SMILES string of the molecule is CCCCCOC(=O)C(Cc1ccc2ccccc2c1)NC(=O)CCC(C)C.